The second-order valence-corrected chi connectivity index (χ2v) is 3.11. The molecule has 0 unspecified atom stereocenters. The predicted molar refractivity (Wildman–Crippen MR) is 53.6 cm³/mol. The minimum Gasteiger partial charge on any atom is -0.410 e. The molecule has 16 heavy (non-hydrogen) atoms. The number of carbonyl (C=O) groups is 3. The molecule has 0 radical (unpaired) electrons. The Kier molecular flexibility index (Phi) is 2.24. The van der Waals surface area contributed by atoms with E-state index in [1.165, 1.54) is 12.1 Å². The van der Waals surface area contributed by atoms with Gasteiger partial charge in [0.05, 0.1) is 5.69 Å². The molecule has 0 aromatic heterocycles. The van der Waals surface area contributed by atoms with Crippen LogP contribution in [0.25, 0.3) is 0 Å². The van der Waals surface area contributed by atoms with Crippen molar-refractivity contribution in [1.29, 1.82) is 0 Å². The smallest absolute Gasteiger partial charge is 0.281 e. The Bertz CT molecular complexity index is 533. The first kappa shape index (κ1) is 10.0. The zero-order valence-corrected chi connectivity index (χ0v) is 7.93. The zero-order chi connectivity index (χ0) is 11.7. The monoisotopic (exact) mass is 218 g/mol. The number of nitrogens with one attached hydrogen (secondary N) is 1. The van der Waals surface area contributed by atoms with Gasteiger partial charge in [-0.1, -0.05) is 17.3 Å². The first-order valence-electron chi connectivity index (χ1n) is 4.36. The molecule has 1 aromatic rings. The third-order valence-electron chi connectivity index (χ3n) is 2.16. The Labute approximate surface area is 89.6 Å². The molecule has 0 aliphatic carbocycles. The average Bonchev–Trinajstić information content (AvgIpc) is 2.37. The fourth-order valence-electron chi connectivity index (χ4n) is 1.40. The second kappa shape index (κ2) is 3.58. The van der Waals surface area contributed by atoms with Crippen LogP contribution in [-0.2, 0) is 9.59 Å². The van der Waals surface area contributed by atoms with Crippen molar-refractivity contribution >= 4 is 28.9 Å². The molecule has 0 fully saturated rings. The number of hydrogen-bond donors (Lipinski definition) is 2. The van der Waals surface area contributed by atoms with Gasteiger partial charge in [-0.2, -0.15) is 0 Å². The third-order valence-corrected chi connectivity index (χ3v) is 2.16. The van der Waals surface area contributed by atoms with Crippen molar-refractivity contribution in [2.75, 3.05) is 5.32 Å². The van der Waals surface area contributed by atoms with Gasteiger partial charge in [0, 0.05) is 5.56 Å². The zero-order valence-electron chi connectivity index (χ0n) is 7.93. The summed E-state index contributed by atoms with van der Waals surface area (Å²) in [7, 11) is 0. The summed E-state index contributed by atoms with van der Waals surface area (Å²) < 4.78 is 0. The lowest BCUT2D eigenvalue weighted by Crippen LogP contribution is -2.31. The molecule has 1 amide bonds. The number of rotatable bonds is 0. The van der Waals surface area contributed by atoms with E-state index in [2.05, 4.69) is 10.5 Å². The predicted octanol–water partition coefficient (Wildman–Crippen LogP) is 0.221. The number of fused-ring (bicyclic) bond motifs is 1. The van der Waals surface area contributed by atoms with E-state index in [1.54, 1.807) is 12.1 Å². The van der Waals surface area contributed by atoms with Crippen molar-refractivity contribution in [3.8, 4) is 0 Å². The largest absolute Gasteiger partial charge is 0.410 e. The fraction of sp³-hybridized carbons (Fsp3) is 0. The van der Waals surface area contributed by atoms with Gasteiger partial charge in [0.25, 0.3) is 11.7 Å². The minimum atomic E-state index is -1.12. The first-order valence-corrected chi connectivity index (χ1v) is 4.36. The normalized spacial score (nSPS) is 18.0. The minimum absolute atomic E-state index is 0.0829. The highest BCUT2D eigenvalue weighted by molar-refractivity contribution is 6.83. The van der Waals surface area contributed by atoms with Gasteiger partial charge in [-0.3, -0.25) is 14.4 Å². The molecule has 1 aromatic carbocycles. The molecule has 6 nitrogen and oxygen atoms in total. The fourth-order valence-corrected chi connectivity index (χ4v) is 1.40. The van der Waals surface area contributed by atoms with Gasteiger partial charge in [0.1, 0.15) is 0 Å². The summed E-state index contributed by atoms with van der Waals surface area (Å²) in [5, 5.41) is 13.4. The van der Waals surface area contributed by atoms with Crippen LogP contribution in [0.15, 0.2) is 29.4 Å². The number of nitrogens with zero attached hydrogens (tertiary/aromatic N) is 1. The molecule has 6 heteroatoms. The summed E-state index contributed by atoms with van der Waals surface area (Å²) in [6, 6.07) is 6.07. The molecule has 2 rings (SSSR count). The van der Waals surface area contributed by atoms with E-state index in [0.717, 1.165) is 0 Å². The highest BCUT2D eigenvalue weighted by Crippen LogP contribution is 2.19. The number of carbonyl (C=O) groups excluding carboxylic acids is 3. The van der Waals surface area contributed by atoms with Crippen LogP contribution in [0.3, 0.4) is 0 Å². The number of oxime groups is 1. The molecular formula is C10H6N2O4. The van der Waals surface area contributed by atoms with E-state index >= 15 is 0 Å². The molecule has 0 saturated carbocycles. The lowest BCUT2D eigenvalue weighted by molar-refractivity contribution is -0.113. The van der Waals surface area contributed by atoms with E-state index in [-0.39, 0.29) is 11.3 Å². The van der Waals surface area contributed by atoms with Crippen LogP contribution >= 0.6 is 0 Å². The van der Waals surface area contributed by atoms with Gasteiger partial charge < -0.3 is 10.5 Å². The molecule has 1 aliphatic heterocycles. The maximum Gasteiger partial charge on any atom is 0.281 e. The number of hydrogen-bond acceptors (Lipinski definition) is 5. The van der Waals surface area contributed by atoms with Crippen molar-refractivity contribution in [1.82, 2.24) is 0 Å². The van der Waals surface area contributed by atoms with Crippen LogP contribution in [0.5, 0.6) is 0 Å². The molecular weight excluding hydrogens is 212 g/mol. The lowest BCUT2D eigenvalue weighted by Gasteiger charge is -2.02. The summed E-state index contributed by atoms with van der Waals surface area (Å²) in [5.74, 6) is -2.89. The van der Waals surface area contributed by atoms with Crippen LogP contribution in [-0.4, -0.2) is 28.4 Å². The Balaban J connectivity index is 2.63. The van der Waals surface area contributed by atoms with Gasteiger partial charge >= 0.3 is 0 Å². The molecule has 2 N–H and O–H groups in total. The van der Waals surface area contributed by atoms with E-state index in [0.29, 0.717) is 0 Å². The van der Waals surface area contributed by atoms with Crippen molar-refractivity contribution < 1.29 is 19.6 Å². The summed E-state index contributed by atoms with van der Waals surface area (Å²) in [6.45, 7) is 0. The van der Waals surface area contributed by atoms with Crippen LogP contribution in [0.4, 0.5) is 5.69 Å². The van der Waals surface area contributed by atoms with Gasteiger partial charge in [0.15, 0.2) is 0 Å². The van der Waals surface area contributed by atoms with Crippen molar-refractivity contribution in [2.24, 2.45) is 5.16 Å². The number of Topliss-reactive ketones (excluding diaryl/α,β-unsaturated/α-hetero) is 2. The van der Waals surface area contributed by atoms with Gasteiger partial charge in [-0.05, 0) is 12.1 Å². The topological polar surface area (TPSA) is 95.8 Å². The highest BCUT2D eigenvalue weighted by Gasteiger charge is 2.33. The van der Waals surface area contributed by atoms with Gasteiger partial charge in [-0.15, -0.1) is 0 Å². The number of anilines is 1. The lowest BCUT2D eigenvalue weighted by atomic mass is 10.0. The number of benzene rings is 1. The summed E-state index contributed by atoms with van der Waals surface area (Å²) >= 11 is 0. The molecule has 0 bridgehead atoms. The standard InChI is InChI=1S/C10H6N2O4/c13-8-5-3-1-2-4-6(5)11-10(15)7(12-16)9(8)14/h1-4,16H,(H,11,15)/b12-7+. The summed E-state index contributed by atoms with van der Waals surface area (Å²) in [6.07, 6.45) is 0. The Morgan fingerprint density at radius 3 is 2.44 bits per heavy atom. The number of amides is 1. The summed E-state index contributed by atoms with van der Waals surface area (Å²) in [4.78, 5) is 34.5. The maximum atomic E-state index is 11.6. The van der Waals surface area contributed by atoms with Crippen molar-refractivity contribution in [3.63, 3.8) is 0 Å². The number of para-hydroxylation sites is 1. The molecule has 1 aliphatic rings. The molecule has 80 valence electrons. The van der Waals surface area contributed by atoms with Gasteiger partial charge in [0.2, 0.25) is 11.5 Å². The van der Waals surface area contributed by atoms with Crippen LogP contribution in [0.2, 0.25) is 0 Å². The summed E-state index contributed by atoms with van der Waals surface area (Å²) in [5.41, 5.74) is -0.495. The molecule has 0 atom stereocenters. The number of ketones is 2. The molecule has 1 heterocycles. The second-order valence-electron chi connectivity index (χ2n) is 3.11. The van der Waals surface area contributed by atoms with Crippen LogP contribution in [0, 0.1) is 0 Å². The average molecular weight is 218 g/mol. The van der Waals surface area contributed by atoms with Crippen molar-refractivity contribution in [3.05, 3.63) is 29.8 Å². The Morgan fingerprint density at radius 1 is 1.06 bits per heavy atom. The van der Waals surface area contributed by atoms with E-state index in [9.17, 15) is 14.4 Å². The van der Waals surface area contributed by atoms with E-state index in [1.807, 2.05) is 0 Å². The quantitative estimate of drug-likeness (QED) is 0.370. The van der Waals surface area contributed by atoms with Crippen LogP contribution in [0.1, 0.15) is 10.4 Å². The SMILES string of the molecule is O=C1Nc2ccccc2C(=O)C(=O)/C1=N\O. The van der Waals surface area contributed by atoms with E-state index in [4.69, 9.17) is 5.21 Å². The maximum absolute atomic E-state index is 11.6. The van der Waals surface area contributed by atoms with E-state index < -0.39 is 23.2 Å². The molecule has 0 spiro atoms. The third kappa shape index (κ3) is 1.36. The first-order chi connectivity index (χ1) is 7.65. The Morgan fingerprint density at radius 2 is 1.75 bits per heavy atom. The van der Waals surface area contributed by atoms with Crippen LogP contribution < -0.4 is 5.32 Å². The highest BCUT2D eigenvalue weighted by atomic mass is 16.4. The molecule has 0 saturated heterocycles. The van der Waals surface area contributed by atoms with Gasteiger partial charge in [-0.25, -0.2) is 0 Å². The Hall–Kier alpha value is -2.50. The van der Waals surface area contributed by atoms with Crippen molar-refractivity contribution in [2.45, 2.75) is 0 Å².